The van der Waals surface area contributed by atoms with E-state index in [0.29, 0.717) is 0 Å². The van der Waals surface area contributed by atoms with E-state index in [4.69, 9.17) is 0 Å². The van der Waals surface area contributed by atoms with Gasteiger partial charge in [-0.25, -0.2) is 0 Å². The third-order valence-corrected chi connectivity index (χ3v) is 3.31. The molecular weight excluding hydrogens is 194 g/mol. The summed E-state index contributed by atoms with van der Waals surface area (Å²) in [4.78, 5) is 2.41. The Morgan fingerprint density at radius 1 is 1.19 bits per heavy atom. The Morgan fingerprint density at radius 3 is 2.81 bits per heavy atom. The average molecular weight is 209 g/mol. The maximum absolute atomic E-state index is 3.83. The summed E-state index contributed by atoms with van der Waals surface area (Å²) < 4.78 is 0. The van der Waals surface area contributed by atoms with Crippen LogP contribution in [0.1, 0.15) is 5.56 Å². The van der Waals surface area contributed by atoms with Crippen molar-refractivity contribution in [3.05, 3.63) is 54.6 Å². The van der Waals surface area contributed by atoms with Crippen LogP contribution in [0.5, 0.6) is 0 Å². The van der Waals surface area contributed by atoms with E-state index in [2.05, 4.69) is 47.9 Å². The smallest absolute Gasteiger partial charge is 0.0451 e. The van der Waals surface area contributed by atoms with Gasteiger partial charge in [-0.1, -0.05) is 36.4 Å². The van der Waals surface area contributed by atoms with E-state index in [1.807, 2.05) is 6.08 Å². The lowest BCUT2D eigenvalue weighted by Gasteiger charge is -2.30. The van der Waals surface area contributed by atoms with Crippen LogP contribution in [-0.2, 0) is 6.42 Å². The average Bonchev–Trinajstić information content (AvgIpc) is 2.33. The minimum absolute atomic E-state index is 0.938. The van der Waals surface area contributed by atoms with Crippen LogP contribution < -0.4 is 4.90 Å². The Morgan fingerprint density at radius 2 is 2.00 bits per heavy atom. The molecule has 0 spiro atoms. The summed E-state index contributed by atoms with van der Waals surface area (Å²) in [6, 6.07) is 13.2. The molecule has 0 radical (unpaired) electrons. The molecule has 0 amide bonds. The van der Waals surface area contributed by atoms with Gasteiger partial charge in [0.15, 0.2) is 0 Å². The van der Waals surface area contributed by atoms with Gasteiger partial charge >= 0.3 is 0 Å². The first-order valence-corrected chi connectivity index (χ1v) is 5.76. The Balaban J connectivity index is 2.27. The fraction of sp³-hybridized carbons (Fsp3) is 0.200. The fourth-order valence-electron chi connectivity index (χ4n) is 2.59. The maximum atomic E-state index is 3.83. The van der Waals surface area contributed by atoms with Gasteiger partial charge in [0.25, 0.3) is 0 Å². The Labute approximate surface area is 96.0 Å². The van der Waals surface area contributed by atoms with Crippen LogP contribution in [0.3, 0.4) is 0 Å². The van der Waals surface area contributed by atoms with Gasteiger partial charge in [-0.05, 0) is 23.4 Å². The molecule has 0 aliphatic carbocycles. The molecule has 1 aliphatic heterocycles. The van der Waals surface area contributed by atoms with Crippen molar-refractivity contribution in [3.63, 3.8) is 0 Å². The van der Waals surface area contributed by atoms with E-state index in [9.17, 15) is 0 Å². The molecule has 2 aromatic rings. The van der Waals surface area contributed by atoms with E-state index in [1.54, 1.807) is 0 Å². The molecule has 0 bridgehead atoms. The quantitative estimate of drug-likeness (QED) is 0.685. The second-order valence-electron chi connectivity index (χ2n) is 4.28. The van der Waals surface area contributed by atoms with Crippen molar-refractivity contribution in [1.82, 2.24) is 0 Å². The summed E-state index contributed by atoms with van der Waals surface area (Å²) in [6.07, 6.45) is 3.12. The number of hydrogen-bond donors (Lipinski definition) is 0. The summed E-state index contributed by atoms with van der Waals surface area (Å²) in [7, 11) is 0. The lowest BCUT2D eigenvalue weighted by molar-refractivity contribution is 0.827. The van der Waals surface area contributed by atoms with Crippen LogP contribution in [0.15, 0.2) is 49.1 Å². The molecule has 1 heterocycles. The lowest BCUT2D eigenvalue weighted by atomic mass is 9.96. The first-order chi connectivity index (χ1) is 7.90. The molecule has 0 fully saturated rings. The second-order valence-corrected chi connectivity index (χ2v) is 4.28. The van der Waals surface area contributed by atoms with Gasteiger partial charge in [-0.2, -0.15) is 0 Å². The first-order valence-electron chi connectivity index (χ1n) is 5.76. The monoisotopic (exact) mass is 209 g/mol. The van der Waals surface area contributed by atoms with E-state index in [0.717, 1.165) is 19.5 Å². The van der Waals surface area contributed by atoms with Gasteiger partial charge in [-0.3, -0.25) is 0 Å². The zero-order valence-electron chi connectivity index (χ0n) is 9.32. The summed E-state index contributed by atoms with van der Waals surface area (Å²) >= 11 is 0. The van der Waals surface area contributed by atoms with Crippen LogP contribution in [-0.4, -0.2) is 13.1 Å². The predicted molar refractivity (Wildman–Crippen MR) is 70.1 cm³/mol. The van der Waals surface area contributed by atoms with Crippen LogP contribution >= 0.6 is 0 Å². The standard InChI is InChI=1S/C15H15N/c1-2-10-16-11-9-13-6-3-5-12-7-4-8-14(16)15(12)13/h2-8H,1,9-11H2. The second kappa shape index (κ2) is 3.67. The molecule has 0 saturated heterocycles. The van der Waals surface area contributed by atoms with Gasteiger partial charge in [-0.15, -0.1) is 6.58 Å². The lowest BCUT2D eigenvalue weighted by Crippen LogP contribution is -2.29. The van der Waals surface area contributed by atoms with E-state index >= 15 is 0 Å². The number of anilines is 1. The zero-order chi connectivity index (χ0) is 11.0. The molecule has 0 aromatic heterocycles. The highest BCUT2D eigenvalue weighted by Gasteiger charge is 2.16. The normalized spacial score (nSPS) is 14.1. The molecule has 16 heavy (non-hydrogen) atoms. The topological polar surface area (TPSA) is 3.24 Å². The molecule has 0 unspecified atom stereocenters. The largest absolute Gasteiger partial charge is 0.367 e. The molecule has 1 heteroatoms. The van der Waals surface area contributed by atoms with Crippen molar-refractivity contribution in [2.45, 2.75) is 6.42 Å². The van der Waals surface area contributed by atoms with Crippen LogP contribution in [0.25, 0.3) is 10.8 Å². The zero-order valence-corrected chi connectivity index (χ0v) is 9.32. The van der Waals surface area contributed by atoms with Gasteiger partial charge in [0.05, 0.1) is 0 Å². The molecular formula is C15H15N. The first kappa shape index (κ1) is 9.46. The van der Waals surface area contributed by atoms with Crippen molar-refractivity contribution < 1.29 is 0 Å². The number of nitrogens with zero attached hydrogens (tertiary/aromatic N) is 1. The van der Waals surface area contributed by atoms with Crippen LogP contribution in [0, 0.1) is 0 Å². The molecule has 2 aromatic carbocycles. The van der Waals surface area contributed by atoms with Crippen molar-refractivity contribution in [1.29, 1.82) is 0 Å². The van der Waals surface area contributed by atoms with Crippen molar-refractivity contribution >= 4 is 16.5 Å². The van der Waals surface area contributed by atoms with E-state index in [1.165, 1.54) is 22.0 Å². The fourth-order valence-corrected chi connectivity index (χ4v) is 2.59. The molecule has 0 atom stereocenters. The minimum Gasteiger partial charge on any atom is -0.367 e. The third kappa shape index (κ3) is 1.32. The van der Waals surface area contributed by atoms with E-state index < -0.39 is 0 Å². The molecule has 0 saturated carbocycles. The number of hydrogen-bond acceptors (Lipinski definition) is 1. The summed E-state index contributed by atoms with van der Waals surface area (Å²) in [5, 5.41) is 2.78. The Kier molecular flexibility index (Phi) is 2.17. The highest BCUT2D eigenvalue weighted by atomic mass is 15.1. The Hall–Kier alpha value is -1.76. The number of benzene rings is 2. The third-order valence-electron chi connectivity index (χ3n) is 3.31. The van der Waals surface area contributed by atoms with Gasteiger partial charge in [0, 0.05) is 24.2 Å². The van der Waals surface area contributed by atoms with Crippen molar-refractivity contribution in [3.8, 4) is 0 Å². The maximum Gasteiger partial charge on any atom is 0.0451 e. The van der Waals surface area contributed by atoms with Crippen molar-refractivity contribution in [2.75, 3.05) is 18.0 Å². The molecule has 80 valence electrons. The van der Waals surface area contributed by atoms with Crippen LogP contribution in [0.4, 0.5) is 5.69 Å². The SMILES string of the molecule is C=CCN1CCc2cccc3cccc1c23. The molecule has 1 aliphatic rings. The van der Waals surface area contributed by atoms with Crippen molar-refractivity contribution in [2.24, 2.45) is 0 Å². The van der Waals surface area contributed by atoms with E-state index in [-0.39, 0.29) is 0 Å². The molecule has 3 rings (SSSR count). The predicted octanol–water partition coefficient (Wildman–Crippen LogP) is 3.39. The highest BCUT2D eigenvalue weighted by molar-refractivity contribution is 5.98. The summed E-state index contributed by atoms with van der Waals surface area (Å²) in [6.45, 7) is 5.87. The Bertz CT molecular complexity index is 537. The number of rotatable bonds is 2. The highest BCUT2D eigenvalue weighted by Crippen LogP contribution is 2.33. The van der Waals surface area contributed by atoms with Gasteiger partial charge < -0.3 is 4.90 Å². The van der Waals surface area contributed by atoms with Gasteiger partial charge in [0.1, 0.15) is 0 Å². The minimum atomic E-state index is 0.938. The molecule has 1 nitrogen and oxygen atoms in total. The molecule has 0 N–H and O–H groups in total. The van der Waals surface area contributed by atoms with Gasteiger partial charge in [0.2, 0.25) is 0 Å². The summed E-state index contributed by atoms with van der Waals surface area (Å²) in [5.41, 5.74) is 2.84. The summed E-state index contributed by atoms with van der Waals surface area (Å²) in [5.74, 6) is 0. The van der Waals surface area contributed by atoms with Crippen LogP contribution in [0.2, 0.25) is 0 Å².